The van der Waals surface area contributed by atoms with Crippen LogP contribution in [0.15, 0.2) is 76.2 Å². The number of amides is 1. The molecule has 5 rings (SSSR count). The number of carbonyl (C=O) groups excluding carboxylic acids is 1. The summed E-state index contributed by atoms with van der Waals surface area (Å²) in [5.74, 6) is 2.59. The Morgan fingerprint density at radius 3 is 2.83 bits per heavy atom. The maximum absolute atomic E-state index is 13.1. The van der Waals surface area contributed by atoms with E-state index < -0.39 is 0 Å². The molecule has 0 N–H and O–H groups in total. The Morgan fingerprint density at radius 2 is 1.93 bits per heavy atom. The predicted octanol–water partition coefficient (Wildman–Crippen LogP) is 4.59. The average Bonchev–Trinajstić information content (AvgIpc) is 3.51. The maximum atomic E-state index is 13.1. The van der Waals surface area contributed by atoms with Crippen LogP contribution >= 0.6 is 11.8 Å². The summed E-state index contributed by atoms with van der Waals surface area (Å²) >= 11 is 1.69. The monoisotopic (exact) mass is 404 g/mol. The first-order valence-electron chi connectivity index (χ1n) is 9.67. The molecule has 0 radical (unpaired) electrons. The largest absolute Gasteiger partial charge is 0.455 e. The zero-order chi connectivity index (χ0) is 19.6. The van der Waals surface area contributed by atoms with Gasteiger partial charge in [0.25, 0.3) is 5.91 Å². The highest BCUT2D eigenvalue weighted by atomic mass is 32.2. The van der Waals surface area contributed by atoms with Gasteiger partial charge in [0, 0.05) is 17.6 Å². The second-order valence-corrected chi connectivity index (χ2v) is 8.06. The molecule has 7 heteroatoms. The van der Waals surface area contributed by atoms with Gasteiger partial charge < -0.3 is 9.32 Å². The topological polar surface area (TPSA) is 63.6 Å². The van der Waals surface area contributed by atoms with E-state index in [1.165, 1.54) is 4.90 Å². The highest BCUT2D eigenvalue weighted by Crippen LogP contribution is 2.33. The molecule has 146 valence electrons. The Bertz CT molecular complexity index is 1140. The number of pyridine rings is 1. The number of furan rings is 1. The first-order valence-corrected chi connectivity index (χ1v) is 10.7. The minimum Gasteiger partial charge on any atom is -0.455 e. The quantitative estimate of drug-likeness (QED) is 0.455. The van der Waals surface area contributed by atoms with Crippen molar-refractivity contribution in [1.82, 2.24) is 19.5 Å². The van der Waals surface area contributed by atoms with E-state index in [-0.39, 0.29) is 11.9 Å². The molecule has 1 aliphatic rings. The van der Waals surface area contributed by atoms with Crippen LogP contribution in [0.2, 0.25) is 0 Å². The third-order valence-electron chi connectivity index (χ3n) is 5.15. The van der Waals surface area contributed by atoms with Crippen molar-refractivity contribution >= 4 is 23.3 Å². The molecule has 4 heterocycles. The van der Waals surface area contributed by atoms with E-state index in [9.17, 15) is 4.79 Å². The lowest BCUT2D eigenvalue weighted by Crippen LogP contribution is -2.31. The Kier molecular flexibility index (Phi) is 4.81. The van der Waals surface area contributed by atoms with Gasteiger partial charge in [0.15, 0.2) is 17.2 Å². The van der Waals surface area contributed by atoms with Crippen molar-refractivity contribution in [1.29, 1.82) is 0 Å². The fourth-order valence-electron chi connectivity index (χ4n) is 3.75. The predicted molar refractivity (Wildman–Crippen MR) is 111 cm³/mol. The van der Waals surface area contributed by atoms with E-state index in [1.807, 2.05) is 58.0 Å². The molecule has 0 saturated carbocycles. The van der Waals surface area contributed by atoms with Crippen LogP contribution in [0.1, 0.15) is 41.0 Å². The number of thioether (sulfide) groups is 1. The fourth-order valence-corrected chi connectivity index (χ4v) is 4.56. The molecule has 1 saturated heterocycles. The van der Waals surface area contributed by atoms with Crippen molar-refractivity contribution in [3.8, 4) is 0 Å². The van der Waals surface area contributed by atoms with Crippen molar-refractivity contribution in [3.05, 3.63) is 84.2 Å². The van der Waals surface area contributed by atoms with Crippen LogP contribution in [0, 0.1) is 0 Å². The van der Waals surface area contributed by atoms with Gasteiger partial charge in [-0.15, -0.1) is 22.0 Å². The second-order valence-electron chi connectivity index (χ2n) is 7.01. The van der Waals surface area contributed by atoms with Gasteiger partial charge in [-0.25, -0.2) is 0 Å². The molecule has 29 heavy (non-hydrogen) atoms. The van der Waals surface area contributed by atoms with E-state index in [1.54, 1.807) is 17.8 Å². The summed E-state index contributed by atoms with van der Waals surface area (Å²) in [6.45, 7) is 0.694. The van der Waals surface area contributed by atoms with Crippen molar-refractivity contribution < 1.29 is 9.21 Å². The van der Waals surface area contributed by atoms with Crippen LogP contribution in [0.3, 0.4) is 0 Å². The zero-order valence-electron chi connectivity index (χ0n) is 15.8. The van der Waals surface area contributed by atoms with E-state index in [0.29, 0.717) is 18.1 Å². The minimum atomic E-state index is -0.0906. The summed E-state index contributed by atoms with van der Waals surface area (Å²) in [7, 11) is 0. The number of hydrogen-bond acceptors (Lipinski definition) is 5. The molecule has 0 aliphatic carbocycles. The summed E-state index contributed by atoms with van der Waals surface area (Å²) in [6.07, 6.45) is 3.76. The van der Waals surface area contributed by atoms with E-state index in [2.05, 4.69) is 22.3 Å². The molecule has 3 aromatic heterocycles. The van der Waals surface area contributed by atoms with Gasteiger partial charge in [-0.1, -0.05) is 24.3 Å². The van der Waals surface area contributed by atoms with Gasteiger partial charge >= 0.3 is 0 Å². The van der Waals surface area contributed by atoms with E-state index in [0.717, 1.165) is 30.1 Å². The highest BCUT2D eigenvalue weighted by molar-refractivity contribution is 7.98. The van der Waals surface area contributed by atoms with Crippen molar-refractivity contribution in [2.45, 2.75) is 29.5 Å². The first-order chi connectivity index (χ1) is 14.3. The Morgan fingerprint density at radius 1 is 1.07 bits per heavy atom. The lowest BCUT2D eigenvalue weighted by atomic mass is 10.2. The lowest BCUT2D eigenvalue weighted by molar-refractivity contribution is 0.0695. The van der Waals surface area contributed by atoms with Crippen LogP contribution in [0.4, 0.5) is 0 Å². The number of fused-ring (bicyclic) bond motifs is 1. The van der Waals surface area contributed by atoms with Gasteiger partial charge in [-0.2, -0.15) is 0 Å². The van der Waals surface area contributed by atoms with Gasteiger partial charge in [0.05, 0.1) is 11.8 Å². The summed E-state index contributed by atoms with van der Waals surface area (Å²) in [5, 5.41) is 8.59. The van der Waals surface area contributed by atoms with Crippen molar-refractivity contribution in [2.24, 2.45) is 0 Å². The van der Waals surface area contributed by atoms with Crippen LogP contribution in [-0.2, 0) is 5.75 Å². The third-order valence-corrected chi connectivity index (χ3v) is 6.18. The standard InChI is InChI=1S/C22H20N4O2S/c27-22(19-12-11-16(28-19)15-29-17-7-2-1-3-8-17)25-14-6-9-18(25)21-24-23-20-10-4-5-13-26(20)21/h1-5,7-8,10-13,18H,6,9,14-15H2/t18-/m1/s1. The van der Waals surface area contributed by atoms with Crippen molar-refractivity contribution in [2.75, 3.05) is 6.54 Å². The number of nitrogens with zero attached hydrogens (tertiary/aromatic N) is 4. The van der Waals surface area contributed by atoms with Gasteiger partial charge in [0.2, 0.25) is 0 Å². The molecule has 1 amide bonds. The van der Waals surface area contributed by atoms with Crippen LogP contribution in [0.5, 0.6) is 0 Å². The second kappa shape index (κ2) is 7.75. The maximum Gasteiger partial charge on any atom is 0.290 e. The molecule has 0 spiro atoms. The number of hydrogen-bond donors (Lipinski definition) is 0. The molecule has 0 unspecified atom stereocenters. The third kappa shape index (κ3) is 3.53. The number of likely N-dealkylation sites (tertiary alicyclic amines) is 1. The van der Waals surface area contributed by atoms with Gasteiger partial charge in [0.1, 0.15) is 5.76 Å². The summed E-state index contributed by atoms with van der Waals surface area (Å²) < 4.78 is 7.84. The molecule has 1 fully saturated rings. The van der Waals surface area contributed by atoms with Crippen LogP contribution < -0.4 is 0 Å². The van der Waals surface area contributed by atoms with E-state index >= 15 is 0 Å². The first kappa shape index (κ1) is 18.0. The minimum absolute atomic E-state index is 0.0869. The molecular formula is C22H20N4O2S. The molecule has 0 bridgehead atoms. The fraction of sp³-hybridized carbons (Fsp3) is 0.227. The number of carbonyl (C=O) groups is 1. The van der Waals surface area contributed by atoms with Crippen LogP contribution in [-0.4, -0.2) is 31.9 Å². The molecule has 1 aliphatic heterocycles. The highest BCUT2D eigenvalue weighted by Gasteiger charge is 2.34. The normalized spacial score (nSPS) is 16.6. The smallest absolute Gasteiger partial charge is 0.290 e. The Hall–Kier alpha value is -3.06. The SMILES string of the molecule is O=C(c1ccc(CSc2ccccc2)o1)N1CCC[C@@H]1c1nnc2ccccn12. The summed E-state index contributed by atoms with van der Waals surface area (Å²) in [6, 6.07) is 19.5. The number of aromatic nitrogens is 3. The Balaban J connectivity index is 1.33. The molecule has 1 atom stereocenters. The van der Waals surface area contributed by atoms with Crippen molar-refractivity contribution in [3.63, 3.8) is 0 Å². The number of benzene rings is 1. The average molecular weight is 404 g/mol. The van der Waals surface area contributed by atoms with Crippen LogP contribution in [0.25, 0.3) is 5.65 Å². The summed E-state index contributed by atoms with van der Waals surface area (Å²) in [5.41, 5.74) is 0.792. The molecule has 4 aromatic rings. The summed E-state index contributed by atoms with van der Waals surface area (Å²) in [4.78, 5) is 16.2. The molecule has 1 aromatic carbocycles. The number of rotatable bonds is 5. The van der Waals surface area contributed by atoms with Gasteiger partial charge in [-0.05, 0) is 49.2 Å². The van der Waals surface area contributed by atoms with Gasteiger partial charge in [-0.3, -0.25) is 9.20 Å². The lowest BCUT2D eigenvalue weighted by Gasteiger charge is -2.22. The van der Waals surface area contributed by atoms with E-state index in [4.69, 9.17) is 4.42 Å². The zero-order valence-corrected chi connectivity index (χ0v) is 16.6. The molecular weight excluding hydrogens is 384 g/mol. The molecule has 6 nitrogen and oxygen atoms in total. The Labute approximate surface area is 172 Å².